The average Bonchev–Trinajstić information content (AvgIpc) is 2.79. The standard InChI is InChI=1S/2C13H12BrNOS/c1-15(2)13(16)17-12-6-4-9-7-11(14)5-3-10(9)8-12;1-15(2)13(17)16-12-6-4-9-7-11(14)5-3-10(9)8-12/h2*3-8H,1-2H3. The highest BCUT2D eigenvalue weighted by molar-refractivity contribution is 9.10. The largest absolute Gasteiger partial charge is 0.432 e. The van der Waals surface area contributed by atoms with Crippen LogP contribution in [0.2, 0.25) is 0 Å². The molecule has 0 aliphatic heterocycles. The molecule has 0 saturated carbocycles. The van der Waals surface area contributed by atoms with E-state index in [-0.39, 0.29) is 5.24 Å². The van der Waals surface area contributed by atoms with Gasteiger partial charge in [-0.2, -0.15) is 0 Å². The minimum Gasteiger partial charge on any atom is -0.432 e. The third-order valence-electron chi connectivity index (χ3n) is 4.69. The summed E-state index contributed by atoms with van der Waals surface area (Å²) in [5, 5.41) is 5.11. The molecule has 4 rings (SSSR count). The molecule has 0 aromatic heterocycles. The summed E-state index contributed by atoms with van der Waals surface area (Å²) in [5.74, 6) is 0.763. The van der Waals surface area contributed by atoms with E-state index in [0.717, 1.165) is 30.4 Å². The van der Waals surface area contributed by atoms with Crippen molar-refractivity contribution in [1.82, 2.24) is 9.80 Å². The lowest BCUT2D eigenvalue weighted by Gasteiger charge is -2.14. The monoisotopic (exact) mass is 618 g/mol. The lowest BCUT2D eigenvalue weighted by Crippen LogP contribution is -2.24. The van der Waals surface area contributed by atoms with Crippen LogP contribution in [0.25, 0.3) is 21.5 Å². The number of halogens is 2. The SMILES string of the molecule is CN(C)C(=O)Sc1ccc2cc(Br)ccc2c1.CN(C)C(=S)Oc1ccc2cc(Br)ccc2c1. The Morgan fingerprint density at radius 3 is 1.79 bits per heavy atom. The van der Waals surface area contributed by atoms with Gasteiger partial charge in [-0.1, -0.05) is 56.1 Å². The van der Waals surface area contributed by atoms with Crippen LogP contribution in [0.15, 0.2) is 86.6 Å². The molecule has 34 heavy (non-hydrogen) atoms. The number of nitrogens with zero attached hydrogens (tertiary/aromatic N) is 2. The molecule has 0 fully saturated rings. The van der Waals surface area contributed by atoms with Gasteiger partial charge in [0.1, 0.15) is 5.75 Å². The summed E-state index contributed by atoms with van der Waals surface area (Å²) in [6.07, 6.45) is 0. The number of hydrogen-bond donors (Lipinski definition) is 0. The Morgan fingerprint density at radius 1 is 0.735 bits per heavy atom. The molecule has 0 saturated heterocycles. The first-order valence-corrected chi connectivity index (χ1v) is 13.1. The van der Waals surface area contributed by atoms with Crippen molar-refractivity contribution < 1.29 is 9.53 Å². The number of thiocarbonyl (C=S) groups is 1. The minimum atomic E-state index is 0.0430. The van der Waals surface area contributed by atoms with E-state index in [2.05, 4.69) is 44.0 Å². The zero-order valence-corrected chi connectivity index (χ0v) is 24.0. The van der Waals surface area contributed by atoms with Gasteiger partial charge in [-0.05, 0) is 94.1 Å². The molecule has 0 radical (unpaired) electrons. The number of carbonyl (C=O) groups excluding carboxylic acids is 1. The second-order valence-corrected chi connectivity index (χ2v) is 11.0. The number of ether oxygens (including phenoxy) is 1. The van der Waals surface area contributed by atoms with Crippen molar-refractivity contribution in [2.45, 2.75) is 4.90 Å². The maximum atomic E-state index is 11.6. The van der Waals surface area contributed by atoms with Gasteiger partial charge >= 0.3 is 0 Å². The summed E-state index contributed by atoms with van der Waals surface area (Å²) >= 11 is 13.2. The van der Waals surface area contributed by atoms with E-state index in [4.69, 9.17) is 17.0 Å². The zero-order chi connectivity index (χ0) is 24.8. The molecule has 0 N–H and O–H groups in total. The molecule has 4 aromatic carbocycles. The third kappa shape index (κ3) is 7.43. The molecule has 0 aliphatic carbocycles. The van der Waals surface area contributed by atoms with Crippen LogP contribution in [-0.2, 0) is 0 Å². The van der Waals surface area contributed by atoms with Gasteiger partial charge in [-0.25, -0.2) is 0 Å². The highest BCUT2D eigenvalue weighted by Gasteiger charge is 2.07. The van der Waals surface area contributed by atoms with Crippen LogP contribution >= 0.6 is 55.8 Å². The fraction of sp³-hybridized carbons (Fsp3) is 0.154. The van der Waals surface area contributed by atoms with Gasteiger partial charge < -0.3 is 14.5 Å². The first kappa shape index (κ1) is 26.5. The average molecular weight is 620 g/mol. The second-order valence-electron chi connectivity index (χ2n) is 7.83. The van der Waals surface area contributed by atoms with Crippen molar-refractivity contribution >= 4 is 87.8 Å². The normalized spacial score (nSPS) is 10.4. The maximum absolute atomic E-state index is 11.6. The quantitative estimate of drug-likeness (QED) is 0.167. The maximum Gasteiger partial charge on any atom is 0.285 e. The summed E-state index contributed by atoms with van der Waals surface area (Å²) in [7, 11) is 7.24. The predicted molar refractivity (Wildman–Crippen MR) is 155 cm³/mol. The molecule has 0 atom stereocenters. The molecule has 0 heterocycles. The first-order chi connectivity index (χ1) is 16.1. The number of rotatable bonds is 2. The Hall–Kier alpha value is -2.13. The number of benzene rings is 4. The van der Waals surface area contributed by atoms with Crippen molar-refractivity contribution in [3.05, 3.63) is 81.7 Å². The predicted octanol–water partition coefficient (Wildman–Crippen LogP) is 8.20. The van der Waals surface area contributed by atoms with Gasteiger partial charge in [0.2, 0.25) is 0 Å². The number of amides is 1. The molecule has 1 amide bonds. The van der Waals surface area contributed by atoms with Crippen LogP contribution in [0.4, 0.5) is 4.79 Å². The zero-order valence-electron chi connectivity index (χ0n) is 19.2. The number of carbonyl (C=O) groups is 1. The Morgan fingerprint density at radius 2 is 1.24 bits per heavy atom. The topological polar surface area (TPSA) is 32.8 Å². The summed E-state index contributed by atoms with van der Waals surface area (Å²) in [5.41, 5.74) is 0. The van der Waals surface area contributed by atoms with Gasteiger partial charge in [-0.15, -0.1) is 0 Å². The fourth-order valence-corrected chi connectivity index (χ4v) is 4.46. The van der Waals surface area contributed by atoms with Crippen LogP contribution in [0.3, 0.4) is 0 Å². The summed E-state index contributed by atoms with van der Waals surface area (Å²) < 4.78 is 7.70. The molecule has 0 bridgehead atoms. The minimum absolute atomic E-state index is 0.0430. The summed E-state index contributed by atoms with van der Waals surface area (Å²) in [6, 6.07) is 24.2. The van der Waals surface area contributed by atoms with Crippen molar-refractivity contribution in [2.24, 2.45) is 0 Å². The van der Waals surface area contributed by atoms with Crippen LogP contribution < -0.4 is 4.74 Å². The number of fused-ring (bicyclic) bond motifs is 2. The van der Waals surface area contributed by atoms with Crippen molar-refractivity contribution in [3.8, 4) is 5.75 Å². The molecule has 4 nitrogen and oxygen atoms in total. The van der Waals surface area contributed by atoms with E-state index >= 15 is 0 Å². The van der Waals surface area contributed by atoms with Gasteiger partial charge in [-0.3, -0.25) is 4.79 Å². The highest BCUT2D eigenvalue weighted by Crippen LogP contribution is 2.27. The highest BCUT2D eigenvalue weighted by atomic mass is 79.9. The molecule has 0 unspecified atom stereocenters. The van der Waals surface area contributed by atoms with Gasteiger partial charge in [0, 0.05) is 42.0 Å². The van der Waals surface area contributed by atoms with E-state index in [9.17, 15) is 4.79 Å². The van der Waals surface area contributed by atoms with E-state index in [1.54, 1.807) is 23.9 Å². The van der Waals surface area contributed by atoms with E-state index in [0.29, 0.717) is 5.17 Å². The lowest BCUT2D eigenvalue weighted by atomic mass is 10.1. The van der Waals surface area contributed by atoms with Crippen LogP contribution in [0, 0.1) is 0 Å². The third-order valence-corrected chi connectivity index (χ3v) is 7.15. The van der Waals surface area contributed by atoms with Crippen LogP contribution in [0.5, 0.6) is 5.75 Å². The van der Waals surface area contributed by atoms with Crippen LogP contribution in [0.1, 0.15) is 0 Å². The van der Waals surface area contributed by atoms with E-state index in [1.165, 1.54) is 22.5 Å². The first-order valence-electron chi connectivity index (χ1n) is 10.3. The summed E-state index contributed by atoms with van der Waals surface area (Å²) in [4.78, 5) is 15.9. The van der Waals surface area contributed by atoms with Crippen molar-refractivity contribution in [1.29, 1.82) is 0 Å². The Labute approximate surface area is 226 Å². The van der Waals surface area contributed by atoms with Gasteiger partial charge in [0.15, 0.2) is 0 Å². The Bertz CT molecular complexity index is 1240. The van der Waals surface area contributed by atoms with E-state index < -0.39 is 0 Å². The fourth-order valence-electron chi connectivity index (χ4n) is 2.90. The molecule has 176 valence electrons. The summed E-state index contributed by atoms with van der Waals surface area (Å²) in [6.45, 7) is 0. The Balaban J connectivity index is 0.000000191. The molecule has 0 aliphatic rings. The van der Waals surface area contributed by atoms with E-state index in [1.807, 2.05) is 74.8 Å². The molecular weight excluding hydrogens is 596 g/mol. The molecule has 0 spiro atoms. The molecular formula is C26H24Br2N2O2S2. The Kier molecular flexibility index (Phi) is 9.36. The smallest absolute Gasteiger partial charge is 0.285 e. The van der Waals surface area contributed by atoms with Crippen molar-refractivity contribution in [2.75, 3.05) is 28.2 Å². The van der Waals surface area contributed by atoms with Gasteiger partial charge in [0.25, 0.3) is 10.4 Å². The molecule has 4 aromatic rings. The lowest BCUT2D eigenvalue weighted by molar-refractivity contribution is 0.241. The second kappa shape index (κ2) is 12.0. The number of hydrogen-bond acceptors (Lipinski definition) is 4. The van der Waals surface area contributed by atoms with Crippen molar-refractivity contribution in [3.63, 3.8) is 0 Å². The van der Waals surface area contributed by atoms with Gasteiger partial charge in [0.05, 0.1) is 0 Å². The van der Waals surface area contributed by atoms with Crippen LogP contribution in [-0.4, -0.2) is 48.4 Å². The number of thioether (sulfide) groups is 1. The molecule has 8 heteroatoms.